The lowest BCUT2D eigenvalue weighted by Crippen LogP contribution is -1.47. The van der Waals surface area contributed by atoms with Gasteiger partial charge in [0, 0.05) is 0 Å². The summed E-state index contributed by atoms with van der Waals surface area (Å²) in [5.74, 6) is 0. The number of rotatable bonds is 0. The highest BCUT2D eigenvalue weighted by Gasteiger charge is 2.16. The molecule has 0 fully saturated rings. The predicted molar refractivity (Wildman–Crippen MR) is 14.5 cm³/mol. The fraction of sp³-hybridized carbons (Fsp3) is 0. The highest BCUT2D eigenvalue weighted by atomic mass is 32.4. The standard InChI is InChI=1S/F4S.FH/c1-5(2,3)4;/h;1H. The van der Waals surface area contributed by atoms with Crippen LogP contribution in [0.4, 0.5) is 20.2 Å². The first-order chi connectivity index (χ1) is 2.00. The van der Waals surface area contributed by atoms with Crippen molar-refractivity contribution in [2.75, 3.05) is 0 Å². The van der Waals surface area contributed by atoms with Crippen LogP contribution in [-0.2, 0) is 0 Å². The minimum Gasteiger partial charge on any atom is -0.269 e. The van der Waals surface area contributed by atoms with Crippen molar-refractivity contribution in [3.8, 4) is 0 Å². The van der Waals surface area contributed by atoms with E-state index in [1.807, 2.05) is 0 Å². The van der Waals surface area contributed by atoms with Crippen LogP contribution in [-0.4, -0.2) is 0 Å². The normalized spacial score (nSPS) is 12.7. The Bertz CT molecular complexity index is 19.4. The molecule has 6 heavy (non-hydrogen) atoms. The molecule has 0 rings (SSSR count). The summed E-state index contributed by atoms with van der Waals surface area (Å²) in [6.45, 7) is 0. The first-order valence-corrected chi connectivity index (χ1v) is 1.85. The molecule has 0 saturated heterocycles. The van der Waals surface area contributed by atoms with Crippen LogP contribution >= 0.6 is 11.6 Å². The first kappa shape index (κ1) is 9.38. The van der Waals surface area contributed by atoms with Crippen molar-refractivity contribution in [3.63, 3.8) is 0 Å². The van der Waals surface area contributed by atoms with Gasteiger partial charge in [0.15, 0.2) is 0 Å². The zero-order chi connectivity index (χ0) is 4.50. The Balaban J connectivity index is 0. The van der Waals surface area contributed by atoms with Crippen LogP contribution in [0.15, 0.2) is 0 Å². The predicted octanol–water partition coefficient (Wildman–Crippen LogP) is 2.48. The van der Waals surface area contributed by atoms with Crippen LogP contribution in [0.25, 0.3) is 0 Å². The second-order valence-corrected chi connectivity index (χ2v) is 1.05. The van der Waals surface area contributed by atoms with Crippen molar-refractivity contribution in [3.05, 3.63) is 0 Å². The van der Waals surface area contributed by atoms with E-state index in [0.717, 1.165) is 0 Å². The molecule has 0 radical (unpaired) electrons. The molecule has 0 nitrogen and oxygen atoms in total. The van der Waals surface area contributed by atoms with E-state index in [1.165, 1.54) is 0 Å². The van der Waals surface area contributed by atoms with Gasteiger partial charge < -0.3 is 0 Å². The van der Waals surface area contributed by atoms with E-state index in [1.54, 1.807) is 0 Å². The third kappa shape index (κ3) is 11700000000000000573797782385590272. The fourth-order valence-corrected chi connectivity index (χ4v) is 0. The molecule has 0 spiro atoms. The van der Waals surface area contributed by atoms with Crippen molar-refractivity contribution in [1.82, 2.24) is 0 Å². The second-order valence-electron chi connectivity index (χ2n) is 0.350. The average molecular weight is 128 g/mol. The van der Waals surface area contributed by atoms with E-state index in [4.69, 9.17) is 0 Å². The van der Waals surface area contributed by atoms with Gasteiger partial charge in [-0.1, -0.05) is 15.5 Å². The molecular formula is HF5S. The van der Waals surface area contributed by atoms with Gasteiger partial charge in [0.25, 0.3) is 0 Å². The third-order valence-electron chi connectivity index (χ3n) is 0. The van der Waals surface area contributed by atoms with Gasteiger partial charge in [-0.2, -0.15) is 0 Å². The van der Waals surface area contributed by atoms with E-state index in [9.17, 15) is 15.5 Å². The molecule has 0 amide bonds. The molecule has 0 saturated carbocycles. The van der Waals surface area contributed by atoms with Gasteiger partial charge in [-0.3, -0.25) is 4.70 Å². The highest BCUT2D eigenvalue weighted by molar-refractivity contribution is 8.16. The van der Waals surface area contributed by atoms with E-state index in [2.05, 4.69) is 0 Å². The topological polar surface area (TPSA) is 0 Å². The molecule has 42 valence electrons. The molecule has 0 aromatic rings. The second kappa shape index (κ2) is 2.22. The maximum absolute atomic E-state index is 9.77. The molecule has 0 aliphatic carbocycles. The highest BCUT2D eigenvalue weighted by Crippen LogP contribution is 2.54. The number of hydrogen-bond acceptors (Lipinski definition) is 0. The van der Waals surface area contributed by atoms with Gasteiger partial charge in [-0.15, -0.1) is 0 Å². The number of halogens is 5. The summed E-state index contributed by atoms with van der Waals surface area (Å²) in [6, 6.07) is 0. The SMILES string of the molecule is F.FS(F)(F)F. The van der Waals surface area contributed by atoms with Gasteiger partial charge in [-0.05, 0) is 0 Å². The summed E-state index contributed by atoms with van der Waals surface area (Å²) in [4.78, 5) is 0. The molecule has 6 heteroatoms. The summed E-state index contributed by atoms with van der Waals surface area (Å²) in [5.41, 5.74) is 0. The average Bonchev–Trinajstić information content (AvgIpc) is 0.722. The largest absolute Gasteiger partial charge is 0.379 e. The van der Waals surface area contributed by atoms with Gasteiger partial charge in [-0.25, -0.2) is 0 Å². The summed E-state index contributed by atoms with van der Waals surface area (Å²) in [6.07, 6.45) is 0. The van der Waals surface area contributed by atoms with Gasteiger partial charge in [0.05, 0.1) is 0 Å². The van der Waals surface area contributed by atoms with E-state index in [-0.39, 0.29) is 4.70 Å². The minimum atomic E-state index is -6.17. The molecule has 0 heterocycles. The van der Waals surface area contributed by atoms with Crippen LogP contribution < -0.4 is 0 Å². The monoisotopic (exact) mass is 128 g/mol. The lowest BCUT2D eigenvalue weighted by molar-refractivity contribution is 0.543. The zero-order valence-electron chi connectivity index (χ0n) is 2.33. The van der Waals surface area contributed by atoms with Gasteiger partial charge in [0.1, 0.15) is 0 Å². The maximum Gasteiger partial charge on any atom is 0.379 e. The lowest BCUT2D eigenvalue weighted by Gasteiger charge is -1.87. The minimum absolute atomic E-state index is 0. The first-order valence-electron chi connectivity index (χ1n) is 0.617. The summed E-state index contributed by atoms with van der Waals surface area (Å²) in [7, 11) is 0. The molecule has 0 aromatic heterocycles. The Hall–Kier alpha value is -0.0000000000000000555. The molecule has 0 aliphatic heterocycles. The Labute approximate surface area is 33.0 Å². The van der Waals surface area contributed by atoms with Crippen LogP contribution in [0, 0.1) is 0 Å². The molecule has 0 unspecified atom stereocenters. The summed E-state index contributed by atoms with van der Waals surface area (Å²) in [5, 5.41) is 0. The maximum atomic E-state index is 9.77. The smallest absolute Gasteiger partial charge is 0.269 e. The van der Waals surface area contributed by atoms with Crippen LogP contribution in [0.2, 0.25) is 0 Å². The fourth-order valence-electron chi connectivity index (χ4n) is 0. The van der Waals surface area contributed by atoms with Crippen LogP contribution in [0.5, 0.6) is 0 Å². The van der Waals surface area contributed by atoms with Crippen molar-refractivity contribution in [1.29, 1.82) is 0 Å². The summed E-state index contributed by atoms with van der Waals surface area (Å²) < 4.78 is 39.1. The Morgan fingerprint density at radius 1 is 0.833 bits per heavy atom. The van der Waals surface area contributed by atoms with E-state index < -0.39 is 11.6 Å². The van der Waals surface area contributed by atoms with E-state index in [0.29, 0.717) is 0 Å². The molecular weight excluding hydrogens is 127 g/mol. The van der Waals surface area contributed by atoms with Crippen molar-refractivity contribution < 1.29 is 20.2 Å². The molecule has 0 bridgehead atoms. The van der Waals surface area contributed by atoms with Gasteiger partial charge >= 0.3 is 11.6 Å². The van der Waals surface area contributed by atoms with Crippen molar-refractivity contribution in [2.24, 2.45) is 0 Å². The lowest BCUT2D eigenvalue weighted by atomic mass is 18.7. The molecule has 0 atom stereocenters. The number of hydrogen-bond donors (Lipinski definition) is 0. The molecule has 0 N–H and O–H groups in total. The molecule has 0 aromatic carbocycles. The van der Waals surface area contributed by atoms with Crippen LogP contribution in [0.3, 0.4) is 0 Å². The van der Waals surface area contributed by atoms with Crippen molar-refractivity contribution >= 4 is 11.6 Å². The van der Waals surface area contributed by atoms with Gasteiger partial charge in [0.2, 0.25) is 0 Å². The zero-order valence-corrected chi connectivity index (χ0v) is 3.14. The Morgan fingerprint density at radius 2 is 0.833 bits per heavy atom. The van der Waals surface area contributed by atoms with Crippen LogP contribution in [0.1, 0.15) is 0 Å². The van der Waals surface area contributed by atoms with Crippen molar-refractivity contribution in [2.45, 2.75) is 0 Å². The Kier molecular flexibility index (Phi) is 3.47. The summed E-state index contributed by atoms with van der Waals surface area (Å²) >= 11 is -6.17. The quantitative estimate of drug-likeness (QED) is 0.439. The molecule has 0 aliphatic rings. The Morgan fingerprint density at radius 3 is 0.833 bits per heavy atom. The third-order valence-corrected chi connectivity index (χ3v) is 0. The van der Waals surface area contributed by atoms with E-state index >= 15 is 0 Å².